The van der Waals surface area contributed by atoms with E-state index in [9.17, 15) is 4.79 Å². The molecule has 1 atom stereocenters. The van der Waals surface area contributed by atoms with E-state index in [1.165, 1.54) is 0 Å². The van der Waals surface area contributed by atoms with Gasteiger partial charge < -0.3 is 10.1 Å². The Hall–Kier alpha value is -1.67. The third-order valence-corrected chi connectivity index (χ3v) is 3.66. The summed E-state index contributed by atoms with van der Waals surface area (Å²) in [6.45, 7) is 0.219. The Morgan fingerprint density at radius 1 is 1.72 bits per heavy atom. The molecule has 0 aliphatic carbocycles. The second-order valence-electron chi connectivity index (χ2n) is 3.87. The normalized spacial score (nSPS) is 18.1. The van der Waals surface area contributed by atoms with Crippen molar-refractivity contribution in [1.29, 1.82) is 0 Å². The summed E-state index contributed by atoms with van der Waals surface area (Å²) in [4.78, 5) is 15.8. The lowest BCUT2D eigenvalue weighted by atomic mass is 10.2. The number of ether oxygens (including phenoxy) is 1. The lowest BCUT2D eigenvalue weighted by Gasteiger charge is -2.11. The Morgan fingerprint density at radius 3 is 3.33 bits per heavy atom. The van der Waals surface area contributed by atoms with Crippen molar-refractivity contribution in [3.05, 3.63) is 23.9 Å². The van der Waals surface area contributed by atoms with E-state index in [2.05, 4.69) is 16.2 Å². The van der Waals surface area contributed by atoms with Crippen molar-refractivity contribution in [2.45, 2.75) is 12.5 Å². The molecule has 0 aromatic carbocycles. The van der Waals surface area contributed by atoms with Gasteiger partial charge in [-0.1, -0.05) is 5.92 Å². The zero-order chi connectivity index (χ0) is 12.8. The van der Waals surface area contributed by atoms with Gasteiger partial charge in [-0.2, -0.15) is 11.8 Å². The summed E-state index contributed by atoms with van der Waals surface area (Å²) in [6.07, 6.45) is 7.89. The van der Waals surface area contributed by atoms with Gasteiger partial charge in [0.1, 0.15) is 6.10 Å². The van der Waals surface area contributed by atoms with Crippen molar-refractivity contribution < 1.29 is 9.53 Å². The number of thioether (sulfide) groups is 1. The number of terminal acetylenes is 1. The number of aromatic nitrogens is 1. The fourth-order valence-corrected chi connectivity index (χ4v) is 2.72. The predicted octanol–water partition coefficient (Wildman–Crippen LogP) is 1.33. The molecular formula is C13H14N2O2S. The predicted molar refractivity (Wildman–Crippen MR) is 71.8 cm³/mol. The number of hydrogen-bond acceptors (Lipinski definition) is 4. The topological polar surface area (TPSA) is 51.2 Å². The molecular weight excluding hydrogens is 248 g/mol. The lowest BCUT2D eigenvalue weighted by Crippen LogP contribution is -2.23. The van der Waals surface area contributed by atoms with Crippen LogP contribution < -0.4 is 10.1 Å². The Morgan fingerprint density at radius 2 is 2.61 bits per heavy atom. The van der Waals surface area contributed by atoms with Gasteiger partial charge in [-0.3, -0.25) is 4.79 Å². The summed E-state index contributed by atoms with van der Waals surface area (Å²) in [5.41, 5.74) is 0.515. The molecule has 0 radical (unpaired) electrons. The Labute approximate surface area is 111 Å². The van der Waals surface area contributed by atoms with E-state index in [0.717, 1.165) is 17.9 Å². The third-order valence-electron chi connectivity index (χ3n) is 2.52. The van der Waals surface area contributed by atoms with Crippen LogP contribution in [0, 0.1) is 12.3 Å². The van der Waals surface area contributed by atoms with Crippen molar-refractivity contribution in [3.8, 4) is 18.2 Å². The molecule has 1 N–H and O–H groups in total. The average molecular weight is 262 g/mol. The molecule has 2 rings (SSSR count). The summed E-state index contributed by atoms with van der Waals surface area (Å²) in [7, 11) is 0. The largest absolute Gasteiger partial charge is 0.473 e. The maximum Gasteiger partial charge on any atom is 0.252 e. The number of nitrogens with zero attached hydrogens (tertiary/aromatic N) is 1. The van der Waals surface area contributed by atoms with E-state index < -0.39 is 0 Å². The minimum atomic E-state index is -0.207. The molecule has 94 valence electrons. The van der Waals surface area contributed by atoms with E-state index in [1.807, 2.05) is 11.8 Å². The Balaban J connectivity index is 2.00. The summed E-state index contributed by atoms with van der Waals surface area (Å²) in [5.74, 6) is 4.75. The quantitative estimate of drug-likeness (QED) is 0.832. The molecule has 1 fully saturated rings. The second-order valence-corrected chi connectivity index (χ2v) is 5.02. The summed E-state index contributed by atoms with van der Waals surface area (Å²) < 4.78 is 5.72. The molecule has 1 aromatic heterocycles. The van der Waals surface area contributed by atoms with E-state index in [0.29, 0.717) is 11.4 Å². The molecule has 1 aliphatic heterocycles. The number of rotatable bonds is 4. The molecule has 0 bridgehead atoms. The zero-order valence-electron chi connectivity index (χ0n) is 9.89. The molecule has 0 spiro atoms. The molecule has 1 amide bonds. The van der Waals surface area contributed by atoms with Crippen LogP contribution in [0.25, 0.3) is 0 Å². The SMILES string of the molecule is C#CCNC(=O)c1ccnc(O[C@H]2CCSC2)c1. The van der Waals surface area contributed by atoms with Gasteiger partial charge in [-0.05, 0) is 18.2 Å². The van der Waals surface area contributed by atoms with E-state index in [1.54, 1.807) is 18.3 Å². The first kappa shape index (κ1) is 12.8. The van der Waals surface area contributed by atoms with Crippen LogP contribution in [0.3, 0.4) is 0 Å². The number of carbonyl (C=O) groups excluding carboxylic acids is 1. The Bertz CT molecular complexity index is 464. The first-order valence-electron chi connectivity index (χ1n) is 5.71. The van der Waals surface area contributed by atoms with Crippen molar-refractivity contribution in [1.82, 2.24) is 10.3 Å². The lowest BCUT2D eigenvalue weighted by molar-refractivity contribution is 0.0957. The number of pyridine rings is 1. The first-order valence-corrected chi connectivity index (χ1v) is 6.87. The van der Waals surface area contributed by atoms with E-state index in [4.69, 9.17) is 11.2 Å². The van der Waals surface area contributed by atoms with Gasteiger partial charge in [-0.25, -0.2) is 4.98 Å². The van der Waals surface area contributed by atoms with Crippen LogP contribution in [0.4, 0.5) is 0 Å². The van der Waals surface area contributed by atoms with Crippen LogP contribution >= 0.6 is 11.8 Å². The van der Waals surface area contributed by atoms with Gasteiger partial charge >= 0.3 is 0 Å². The first-order chi connectivity index (χ1) is 8.79. The van der Waals surface area contributed by atoms with Gasteiger partial charge in [0.05, 0.1) is 6.54 Å². The summed E-state index contributed by atoms with van der Waals surface area (Å²) in [5, 5.41) is 2.61. The molecule has 0 saturated carbocycles. The Kier molecular flexibility index (Phi) is 4.48. The van der Waals surface area contributed by atoms with Crippen LogP contribution in [0.2, 0.25) is 0 Å². The number of amides is 1. The van der Waals surface area contributed by atoms with Crippen LogP contribution in [-0.2, 0) is 0 Å². The molecule has 0 unspecified atom stereocenters. The fourth-order valence-electron chi connectivity index (χ4n) is 1.63. The van der Waals surface area contributed by atoms with Crippen LogP contribution in [-0.4, -0.2) is 35.0 Å². The number of hydrogen-bond donors (Lipinski definition) is 1. The highest BCUT2D eigenvalue weighted by atomic mass is 32.2. The fraction of sp³-hybridized carbons (Fsp3) is 0.385. The van der Waals surface area contributed by atoms with Gasteiger partial charge in [-0.15, -0.1) is 6.42 Å². The standard InChI is InChI=1S/C13H14N2O2S/c1-2-5-15-13(16)10-3-6-14-12(8-10)17-11-4-7-18-9-11/h1,3,6,8,11H,4-5,7,9H2,(H,15,16)/t11-/m0/s1. The third kappa shape index (κ3) is 3.41. The smallest absolute Gasteiger partial charge is 0.252 e. The highest BCUT2D eigenvalue weighted by Crippen LogP contribution is 2.22. The highest BCUT2D eigenvalue weighted by Gasteiger charge is 2.18. The van der Waals surface area contributed by atoms with Crippen LogP contribution in [0.15, 0.2) is 18.3 Å². The van der Waals surface area contributed by atoms with Crippen molar-refractivity contribution in [2.24, 2.45) is 0 Å². The molecule has 4 nitrogen and oxygen atoms in total. The summed E-state index contributed by atoms with van der Waals surface area (Å²) in [6, 6.07) is 3.29. The second kappa shape index (κ2) is 6.31. The van der Waals surface area contributed by atoms with Gasteiger partial charge in [0, 0.05) is 23.6 Å². The maximum absolute atomic E-state index is 11.7. The molecule has 2 heterocycles. The minimum Gasteiger partial charge on any atom is -0.473 e. The van der Waals surface area contributed by atoms with E-state index >= 15 is 0 Å². The summed E-state index contributed by atoms with van der Waals surface area (Å²) >= 11 is 1.87. The molecule has 18 heavy (non-hydrogen) atoms. The zero-order valence-corrected chi connectivity index (χ0v) is 10.7. The van der Waals surface area contributed by atoms with E-state index in [-0.39, 0.29) is 18.6 Å². The maximum atomic E-state index is 11.7. The monoisotopic (exact) mass is 262 g/mol. The van der Waals surface area contributed by atoms with Crippen molar-refractivity contribution >= 4 is 17.7 Å². The van der Waals surface area contributed by atoms with Crippen LogP contribution in [0.5, 0.6) is 5.88 Å². The van der Waals surface area contributed by atoms with Gasteiger partial charge in [0.2, 0.25) is 5.88 Å². The molecule has 1 aromatic rings. The molecule has 1 aliphatic rings. The van der Waals surface area contributed by atoms with Gasteiger partial charge in [0.15, 0.2) is 0 Å². The number of nitrogens with one attached hydrogen (secondary N) is 1. The minimum absolute atomic E-state index is 0.200. The van der Waals surface area contributed by atoms with Crippen LogP contribution in [0.1, 0.15) is 16.8 Å². The van der Waals surface area contributed by atoms with Crippen molar-refractivity contribution in [3.63, 3.8) is 0 Å². The highest BCUT2D eigenvalue weighted by molar-refractivity contribution is 7.99. The van der Waals surface area contributed by atoms with Crippen molar-refractivity contribution in [2.75, 3.05) is 18.1 Å². The molecule has 5 heteroatoms. The van der Waals surface area contributed by atoms with Gasteiger partial charge in [0.25, 0.3) is 5.91 Å². The average Bonchev–Trinajstić information content (AvgIpc) is 2.89. The molecule has 1 saturated heterocycles. The number of carbonyl (C=O) groups is 1.